The lowest BCUT2D eigenvalue weighted by atomic mass is 10.2. The Bertz CT molecular complexity index is 1020. The molecule has 0 fully saturated rings. The van der Waals surface area contributed by atoms with Crippen LogP contribution in [0.25, 0.3) is 11.5 Å². The number of nitrogens with zero attached hydrogens (tertiary/aromatic N) is 4. The van der Waals surface area contributed by atoms with E-state index in [1.165, 1.54) is 11.5 Å². The third-order valence-electron chi connectivity index (χ3n) is 3.72. The lowest BCUT2D eigenvalue weighted by Crippen LogP contribution is -2.29. The Kier molecular flexibility index (Phi) is 5.11. The van der Waals surface area contributed by atoms with Crippen molar-refractivity contribution in [2.24, 2.45) is 7.05 Å². The summed E-state index contributed by atoms with van der Waals surface area (Å²) in [5.41, 5.74) is 1.31. The number of nitrogens with one attached hydrogen (secondary N) is 2. The Morgan fingerprint density at radius 1 is 1.04 bits per heavy atom. The van der Waals surface area contributed by atoms with Crippen LogP contribution in [0.15, 0.2) is 53.5 Å². The van der Waals surface area contributed by atoms with Crippen molar-refractivity contribution in [1.29, 1.82) is 0 Å². The van der Waals surface area contributed by atoms with Gasteiger partial charge in [0.05, 0.1) is 0 Å². The first-order valence-corrected chi connectivity index (χ1v) is 8.17. The number of rotatable bonds is 5. The average Bonchev–Trinajstić information content (AvgIpc) is 2.92. The van der Waals surface area contributed by atoms with Gasteiger partial charge in [0, 0.05) is 31.5 Å². The largest absolute Gasteiger partial charge is 0.346 e. The molecule has 27 heavy (non-hydrogen) atoms. The van der Waals surface area contributed by atoms with E-state index in [0.29, 0.717) is 22.9 Å². The highest BCUT2D eigenvalue weighted by molar-refractivity contribution is 5.92. The zero-order valence-corrected chi connectivity index (χ0v) is 14.8. The lowest BCUT2D eigenvalue weighted by molar-refractivity contribution is -0.117. The minimum absolute atomic E-state index is 0.176. The molecule has 138 valence electrons. The maximum absolute atomic E-state index is 12.3. The van der Waals surface area contributed by atoms with Gasteiger partial charge in [-0.2, -0.15) is 0 Å². The fourth-order valence-corrected chi connectivity index (χ4v) is 2.49. The van der Waals surface area contributed by atoms with E-state index < -0.39 is 11.6 Å². The van der Waals surface area contributed by atoms with Crippen molar-refractivity contribution < 1.29 is 9.59 Å². The van der Waals surface area contributed by atoms with Gasteiger partial charge in [0.2, 0.25) is 11.8 Å². The van der Waals surface area contributed by atoms with Crippen LogP contribution in [0.4, 0.5) is 11.4 Å². The number of benzene rings is 1. The van der Waals surface area contributed by atoms with E-state index in [2.05, 4.69) is 20.7 Å². The van der Waals surface area contributed by atoms with Crippen molar-refractivity contribution >= 4 is 23.2 Å². The second kappa shape index (κ2) is 7.65. The Labute approximate surface area is 154 Å². The molecule has 0 radical (unpaired) electrons. The Morgan fingerprint density at radius 2 is 1.70 bits per heavy atom. The summed E-state index contributed by atoms with van der Waals surface area (Å²) in [7, 11) is 1.58. The Balaban J connectivity index is 1.71. The molecule has 0 saturated carbocycles. The molecule has 0 atom stereocenters. The topological polar surface area (TPSA) is 111 Å². The molecule has 2 heterocycles. The van der Waals surface area contributed by atoms with Gasteiger partial charge in [-0.05, 0) is 36.4 Å². The SMILES string of the molecule is CC(=O)Nc1ccc(NC(=O)Cn2nc(-c3ccccn3)n(C)c2=O)cc1. The fraction of sp³-hybridized carbons (Fsp3) is 0.167. The fourth-order valence-electron chi connectivity index (χ4n) is 2.49. The predicted molar refractivity (Wildman–Crippen MR) is 100 cm³/mol. The Morgan fingerprint density at radius 3 is 2.30 bits per heavy atom. The summed E-state index contributed by atoms with van der Waals surface area (Å²) in [4.78, 5) is 39.8. The third-order valence-corrected chi connectivity index (χ3v) is 3.72. The molecule has 2 N–H and O–H groups in total. The molecular formula is C18H18N6O3. The smallest absolute Gasteiger partial charge is 0.326 e. The summed E-state index contributed by atoms with van der Waals surface area (Å²) < 4.78 is 2.43. The maximum Gasteiger partial charge on any atom is 0.346 e. The minimum atomic E-state index is -0.410. The van der Waals surface area contributed by atoms with Gasteiger partial charge in [0.25, 0.3) is 0 Å². The minimum Gasteiger partial charge on any atom is -0.326 e. The molecule has 3 aromatic rings. The van der Waals surface area contributed by atoms with Crippen molar-refractivity contribution in [3.63, 3.8) is 0 Å². The normalized spacial score (nSPS) is 10.4. The van der Waals surface area contributed by atoms with Crippen LogP contribution in [0.1, 0.15) is 6.92 Å². The Hall–Kier alpha value is -3.75. The molecule has 0 aliphatic rings. The summed E-state index contributed by atoms with van der Waals surface area (Å²) in [6, 6.07) is 12.0. The number of anilines is 2. The first-order chi connectivity index (χ1) is 12.9. The van der Waals surface area contributed by atoms with Gasteiger partial charge in [-0.3, -0.25) is 19.1 Å². The van der Waals surface area contributed by atoms with Crippen molar-refractivity contribution in [1.82, 2.24) is 19.3 Å². The van der Waals surface area contributed by atoms with Gasteiger partial charge >= 0.3 is 5.69 Å². The second-order valence-corrected chi connectivity index (χ2v) is 5.84. The molecule has 0 bridgehead atoms. The first kappa shape index (κ1) is 18.1. The van der Waals surface area contributed by atoms with Gasteiger partial charge in [0.15, 0.2) is 5.82 Å². The molecule has 0 aliphatic carbocycles. The lowest BCUT2D eigenvalue weighted by Gasteiger charge is -2.06. The molecule has 0 spiro atoms. The van der Waals surface area contributed by atoms with Crippen molar-refractivity contribution in [3.8, 4) is 11.5 Å². The van der Waals surface area contributed by atoms with E-state index in [-0.39, 0.29) is 12.5 Å². The van der Waals surface area contributed by atoms with Gasteiger partial charge in [-0.1, -0.05) is 6.07 Å². The highest BCUT2D eigenvalue weighted by Crippen LogP contribution is 2.14. The molecule has 1 aromatic carbocycles. The van der Waals surface area contributed by atoms with Crippen LogP contribution in [0.5, 0.6) is 0 Å². The van der Waals surface area contributed by atoms with Gasteiger partial charge in [-0.25, -0.2) is 9.48 Å². The summed E-state index contributed by atoms with van der Waals surface area (Å²) in [5.74, 6) is -0.187. The van der Waals surface area contributed by atoms with Crippen molar-refractivity contribution in [3.05, 3.63) is 59.1 Å². The van der Waals surface area contributed by atoms with Crippen LogP contribution < -0.4 is 16.3 Å². The number of amides is 2. The highest BCUT2D eigenvalue weighted by atomic mass is 16.2. The summed E-state index contributed by atoms with van der Waals surface area (Å²) in [6.07, 6.45) is 1.61. The number of hydrogen-bond acceptors (Lipinski definition) is 5. The van der Waals surface area contributed by atoms with Gasteiger partial charge < -0.3 is 10.6 Å². The summed E-state index contributed by atoms with van der Waals surface area (Å²) >= 11 is 0. The third kappa shape index (κ3) is 4.27. The number of aromatic nitrogens is 4. The van der Waals surface area contributed by atoms with E-state index in [1.54, 1.807) is 55.7 Å². The van der Waals surface area contributed by atoms with E-state index in [1.807, 2.05) is 0 Å². The van der Waals surface area contributed by atoms with Crippen LogP contribution in [-0.4, -0.2) is 31.1 Å². The number of pyridine rings is 1. The molecule has 3 rings (SSSR count). The van der Waals surface area contributed by atoms with Gasteiger partial charge in [-0.15, -0.1) is 5.10 Å². The van der Waals surface area contributed by atoms with Crippen LogP contribution in [0, 0.1) is 0 Å². The highest BCUT2D eigenvalue weighted by Gasteiger charge is 2.15. The van der Waals surface area contributed by atoms with E-state index in [4.69, 9.17) is 0 Å². The van der Waals surface area contributed by atoms with Crippen LogP contribution in [0.2, 0.25) is 0 Å². The number of carbonyl (C=O) groups is 2. The molecule has 9 nitrogen and oxygen atoms in total. The molecule has 0 unspecified atom stereocenters. The zero-order valence-electron chi connectivity index (χ0n) is 14.8. The molecule has 0 aliphatic heterocycles. The van der Waals surface area contributed by atoms with Crippen molar-refractivity contribution in [2.45, 2.75) is 13.5 Å². The molecular weight excluding hydrogens is 348 g/mol. The number of carbonyl (C=O) groups excluding carboxylic acids is 2. The van der Waals surface area contributed by atoms with E-state index in [9.17, 15) is 14.4 Å². The van der Waals surface area contributed by atoms with Crippen LogP contribution >= 0.6 is 0 Å². The average molecular weight is 366 g/mol. The van der Waals surface area contributed by atoms with E-state index in [0.717, 1.165) is 4.68 Å². The van der Waals surface area contributed by atoms with Crippen LogP contribution in [0.3, 0.4) is 0 Å². The van der Waals surface area contributed by atoms with E-state index >= 15 is 0 Å². The monoisotopic (exact) mass is 366 g/mol. The van der Waals surface area contributed by atoms with Gasteiger partial charge in [0.1, 0.15) is 12.2 Å². The van der Waals surface area contributed by atoms with Crippen molar-refractivity contribution in [2.75, 3.05) is 10.6 Å². The number of hydrogen-bond donors (Lipinski definition) is 2. The molecule has 2 aromatic heterocycles. The quantitative estimate of drug-likeness (QED) is 0.706. The maximum atomic E-state index is 12.3. The molecule has 0 saturated heterocycles. The standard InChI is InChI=1S/C18H18N6O3/c1-12(25)20-13-6-8-14(9-7-13)21-16(26)11-24-18(27)23(2)17(22-24)15-5-3-4-10-19-15/h3-10H,11H2,1-2H3,(H,20,25)(H,21,26). The molecule has 2 amide bonds. The second-order valence-electron chi connectivity index (χ2n) is 5.84. The first-order valence-electron chi connectivity index (χ1n) is 8.17. The van der Waals surface area contributed by atoms with Crippen LogP contribution in [-0.2, 0) is 23.2 Å². The summed E-state index contributed by atoms with van der Waals surface area (Å²) in [6.45, 7) is 1.19. The zero-order chi connectivity index (χ0) is 19.4. The predicted octanol–water partition coefficient (Wildman–Crippen LogP) is 1.24. The molecule has 9 heteroatoms. The summed E-state index contributed by atoms with van der Waals surface area (Å²) in [5, 5.41) is 9.54.